The molecule has 0 bridgehead atoms. The third kappa shape index (κ3) is 42.2. The smallest absolute Gasteiger partial charge is 0.870 e. The molecule has 5 aliphatic rings. The van der Waals surface area contributed by atoms with E-state index in [1.165, 1.54) is 14.0 Å². The number of hydrogen-bond acceptors (Lipinski definition) is 33. The standard InChI is InChI=1S/2C13H14O6.C12H12O6.C11H11IO4.C4H7BO3.C3H9ISi.4C2H4O2.Li.H2O.Pb/c1-16-13(15)10-7-17-11(19-10)8-18-12(14)9-5-3-2-4-6-9;1-9(14)18-12-8-16-11(19-12)7-17-13(15)10-5-3-2-4-6-10;13-11(14)9-6-16-10(18-9)7-17-12(15)8-4-2-1-3-5-8;12-9-6-14-10(16-9)7-15-11(13)8-4-2-1-3-5-8;5-3-2-7-4(1-6)8-3;1-5(2,3)4;4*1-2(3)4;;;/h2-6,10-11H,7-8H2,1H3;2-6,11-12H,7-8H2,1H3;1-5,9-10H,6-7H2,(H,13,14);1-5,9-10H,6-7H2;3-4,6H,1-2H2;1-3H3;4*1H3,(H,3,4);;1H2;/q;;;;;;;;;;+1;;+4/p-5/t10-,11+;11-,12-;9-,10+;9?,10-;3-,4-;;;;;;;;/m00011......../s1. The summed E-state index contributed by atoms with van der Waals surface area (Å²) in [6, 6.07) is 34.2. The van der Waals surface area contributed by atoms with Crippen molar-refractivity contribution >= 4 is 146 Å². The summed E-state index contributed by atoms with van der Waals surface area (Å²) >= 11 is -0.783. The van der Waals surface area contributed by atoms with Crippen LogP contribution in [-0.4, -0.2) is 251 Å². The van der Waals surface area contributed by atoms with Crippen LogP contribution in [-0.2, 0) is 120 Å². The third-order valence-electron chi connectivity index (χ3n) is 11.4. The Bertz CT molecular complexity index is 3190. The molecule has 5 aliphatic heterocycles. The molecular weight excluding hydrogens is 1820 g/mol. The van der Waals surface area contributed by atoms with E-state index in [0.717, 1.165) is 27.7 Å². The fraction of sp³-hybridized carbons (Fsp3) is 0.453. The second kappa shape index (κ2) is 52.0. The van der Waals surface area contributed by atoms with Gasteiger partial charge in [0.05, 0.1) is 62.4 Å². The molecule has 4 aromatic rings. The van der Waals surface area contributed by atoms with Crippen LogP contribution in [0.15, 0.2) is 121 Å². The van der Waals surface area contributed by atoms with Crippen molar-refractivity contribution in [2.45, 2.75) is 114 Å². The fourth-order valence-corrected chi connectivity index (χ4v) is 14.3. The van der Waals surface area contributed by atoms with Gasteiger partial charge in [-0.05, 0) is 71.1 Å². The predicted molar refractivity (Wildman–Crippen MR) is 370 cm³/mol. The van der Waals surface area contributed by atoms with Crippen molar-refractivity contribution in [1.82, 2.24) is 0 Å². The number of aliphatic hydroxyl groups excluding tert-OH is 1. The number of aliphatic carboxylic acids is 1. The summed E-state index contributed by atoms with van der Waals surface area (Å²) in [4.78, 5) is 122. The van der Waals surface area contributed by atoms with Crippen LogP contribution in [0.1, 0.15) is 76.1 Å². The van der Waals surface area contributed by atoms with Gasteiger partial charge in [-0.3, -0.25) is 4.79 Å². The maximum Gasteiger partial charge on any atom is 1.00 e. The van der Waals surface area contributed by atoms with E-state index in [4.69, 9.17) is 89.1 Å². The van der Waals surface area contributed by atoms with Crippen molar-refractivity contribution in [2.24, 2.45) is 0 Å². The molecule has 5 saturated heterocycles. The molecule has 4 aromatic carbocycles. The minimum absolute atomic E-state index is 0. The largest absolute Gasteiger partial charge is 1.00 e. The van der Waals surface area contributed by atoms with Gasteiger partial charge in [0, 0.05) is 12.9 Å². The van der Waals surface area contributed by atoms with Crippen molar-refractivity contribution in [2.75, 3.05) is 73.2 Å². The van der Waals surface area contributed by atoms with E-state index >= 15 is 0 Å². The quantitative estimate of drug-likeness (QED) is 0.0319. The Labute approximate surface area is 646 Å². The zero-order valence-corrected chi connectivity index (χ0v) is 67.4. The first-order valence-corrected chi connectivity index (χ1v) is 44.7. The molecule has 3 N–H and O–H groups in total. The van der Waals surface area contributed by atoms with E-state index in [2.05, 4.69) is 79.5 Å². The molecule has 0 aliphatic carbocycles. The van der Waals surface area contributed by atoms with E-state index in [1.807, 2.05) is 12.1 Å². The van der Waals surface area contributed by atoms with Gasteiger partial charge >= 0.3 is 165 Å². The molecule has 5 heterocycles. The van der Waals surface area contributed by atoms with E-state index in [0.29, 0.717) is 35.5 Å². The van der Waals surface area contributed by atoms with Gasteiger partial charge < -0.3 is 91.5 Å². The first-order chi connectivity index (χ1) is 48.3. The molecule has 0 saturated carbocycles. The van der Waals surface area contributed by atoms with Crippen LogP contribution in [0.3, 0.4) is 0 Å². The number of carbonyl (C=O) groups is 11. The molecule has 0 aromatic heterocycles. The van der Waals surface area contributed by atoms with Gasteiger partial charge in [-0.15, -0.1) is 21.8 Å². The number of esters is 6. The van der Waals surface area contributed by atoms with Gasteiger partial charge in [0.1, 0.15) is 50.6 Å². The molecule has 566 valence electrons. The van der Waals surface area contributed by atoms with E-state index in [-0.39, 0.29) is 93.3 Å². The number of aliphatic hydroxyl groups is 1. The number of benzene rings is 4. The fourth-order valence-electron chi connectivity index (χ4n) is 7.36. The van der Waals surface area contributed by atoms with Gasteiger partial charge in [-0.1, -0.05) is 92.4 Å². The summed E-state index contributed by atoms with van der Waals surface area (Å²) in [7, 11) is 6.51. The molecule has 0 amide bonds. The molecule has 10 atom stereocenters. The summed E-state index contributed by atoms with van der Waals surface area (Å²) in [5, 5.41) is 17.1. The second-order valence-electron chi connectivity index (χ2n) is 21.3. The van der Waals surface area contributed by atoms with Crippen LogP contribution in [0.2, 0.25) is 19.6 Å². The van der Waals surface area contributed by atoms with Gasteiger partial charge in [0.2, 0.25) is 6.29 Å². The summed E-state index contributed by atoms with van der Waals surface area (Å²) in [5.74, 6) is -7.33. The van der Waals surface area contributed by atoms with Crippen molar-refractivity contribution in [1.29, 1.82) is 0 Å². The Morgan fingerprint density at radius 2 is 0.779 bits per heavy atom. The van der Waals surface area contributed by atoms with Crippen LogP contribution in [0.25, 0.3) is 0 Å². The Hall–Kier alpha value is -6.17. The van der Waals surface area contributed by atoms with Gasteiger partial charge in [-0.25, -0.2) is 28.8 Å². The van der Waals surface area contributed by atoms with Crippen LogP contribution >= 0.6 is 44.4 Å². The monoisotopic (exact) mass is 1900 g/mol. The van der Waals surface area contributed by atoms with E-state index in [9.17, 15) is 52.7 Å². The SMILES string of the molecule is CC(=O)O[C@@H]1CO[C@H](COC(=O)c2ccccc2)O1.CC(=O)[O][Pb]([O]C(C)=O)([O]C(C)=O)[O]C(C)=O.COC(=O)[C@@H]1CO[C@@H](COC(=O)c2ccccc2)O1.C[Si](C)(C)I.O=C(OC[C@@H]1OCC(I)O1)c1ccccc1.O=C(OC[C@@H]1OC[C@@H](C(=O)O)O1)c1ccccc1.[B][C@H]1CO[C@@H](CO)O1.[Li+].[OH-]. The van der Waals surface area contributed by atoms with Crippen molar-refractivity contribution in [3.05, 3.63) is 144 Å². The number of alkyl halides is 1. The maximum absolute atomic E-state index is 11.6. The van der Waals surface area contributed by atoms with Crippen LogP contribution < -0.4 is 18.9 Å². The van der Waals surface area contributed by atoms with Crippen molar-refractivity contribution in [3.8, 4) is 0 Å². The normalized spacial score (nSPS) is 20.8. The average molecular weight is 1900 g/mol. The Morgan fingerprint density at radius 1 is 0.471 bits per heavy atom. The predicted octanol–water partition coefficient (Wildman–Crippen LogP) is 2.11. The number of hydrogen-bond donors (Lipinski definition) is 2. The van der Waals surface area contributed by atoms with Crippen LogP contribution in [0.4, 0.5) is 0 Å². The minimum Gasteiger partial charge on any atom is -0.870 e. The molecule has 40 heteroatoms. The number of rotatable bonds is 20. The molecule has 9 rings (SSSR count). The first kappa shape index (κ1) is 95.8. The molecule has 2 radical (unpaired) electrons. The molecule has 34 nitrogen and oxygen atoms in total. The molecule has 5 fully saturated rings. The average Bonchev–Trinajstić information content (AvgIpc) is 1.12. The van der Waals surface area contributed by atoms with Gasteiger partial charge in [0.25, 0.3) is 0 Å². The third-order valence-corrected chi connectivity index (χ3v) is 20.4. The number of carboxylic acid groups (broad SMARTS) is 1. The number of methoxy groups -OCH3 is 1. The van der Waals surface area contributed by atoms with E-state index in [1.54, 1.807) is 109 Å². The second-order valence-corrected chi connectivity index (χ2v) is 43.6. The summed E-state index contributed by atoms with van der Waals surface area (Å²) in [5.41, 5.74) is 1.22. The molecule has 104 heavy (non-hydrogen) atoms. The van der Waals surface area contributed by atoms with Gasteiger partial charge in [0.15, 0.2) is 43.7 Å². The number of ether oxygens (including phenoxy) is 16. The maximum atomic E-state index is 11.6. The summed E-state index contributed by atoms with van der Waals surface area (Å²) in [6.45, 7) is 13.1. The Kier molecular flexibility index (Phi) is 47.9. The Balaban J connectivity index is 0.000000620. The van der Waals surface area contributed by atoms with Gasteiger partial charge in [-0.2, -0.15) is 0 Å². The number of carbonyl (C=O) groups excluding carboxylic acids is 10. The van der Waals surface area contributed by atoms with Crippen molar-refractivity contribution < 1.29 is 174 Å². The topological polar surface area (TPSA) is 443 Å². The molecular formula is C64H80BI2LiO34PbSi. The van der Waals surface area contributed by atoms with E-state index < -0.39 is 138 Å². The zero-order valence-electron chi connectivity index (χ0n) is 58.2. The van der Waals surface area contributed by atoms with Crippen LogP contribution in [0, 0.1) is 0 Å². The first-order valence-electron chi connectivity index (χ1n) is 30.5. The summed E-state index contributed by atoms with van der Waals surface area (Å²) < 4.78 is 99.0. The van der Waals surface area contributed by atoms with Crippen LogP contribution in [0.5, 0.6) is 0 Å². The zero-order chi connectivity index (χ0) is 75.8. The minimum atomic E-state index is -5.43. The summed E-state index contributed by atoms with van der Waals surface area (Å²) in [6.07, 6.45) is -5.69. The van der Waals surface area contributed by atoms with Crippen molar-refractivity contribution in [3.63, 3.8) is 0 Å². The molecule has 1 unspecified atom stereocenters. The molecule has 0 spiro atoms. The number of carboxylic acids is 1. The Morgan fingerprint density at radius 3 is 1.05 bits per heavy atom. The number of halogens is 2.